The minimum atomic E-state index is -0.856. The van der Waals surface area contributed by atoms with E-state index >= 15 is 0 Å². The highest BCUT2D eigenvalue weighted by Crippen LogP contribution is 2.66. The summed E-state index contributed by atoms with van der Waals surface area (Å²) in [6.07, 6.45) is 8.43. The summed E-state index contributed by atoms with van der Waals surface area (Å²) in [5.74, 6) is -1.35. The molecule has 1 aromatic carbocycles. The van der Waals surface area contributed by atoms with Crippen molar-refractivity contribution in [1.29, 1.82) is 5.26 Å². The third-order valence-corrected chi connectivity index (χ3v) is 7.51. The lowest BCUT2D eigenvalue weighted by molar-refractivity contribution is -0.137. The second kappa shape index (κ2) is 12.7. The molecule has 198 valence electrons. The van der Waals surface area contributed by atoms with Crippen LogP contribution in [0.2, 0.25) is 0 Å². The second-order valence-corrected chi connectivity index (χ2v) is 9.92. The third-order valence-electron chi connectivity index (χ3n) is 7.51. The predicted molar refractivity (Wildman–Crippen MR) is 141 cm³/mol. The quantitative estimate of drug-likeness (QED) is 0.340. The molecule has 3 rings (SSSR count). The number of nitrogens with one attached hydrogen (secondary N) is 2. The third kappa shape index (κ3) is 6.86. The number of carbonyl (C=O) groups is 3. The molecule has 1 fully saturated rings. The van der Waals surface area contributed by atoms with E-state index in [1.54, 1.807) is 25.3 Å². The van der Waals surface area contributed by atoms with E-state index in [0.717, 1.165) is 31.2 Å². The predicted octanol–water partition coefficient (Wildman–Crippen LogP) is 4.37. The standard InChI is InChI=1S/C29H37N3O5/c1-4-23-21(10-8-19(2)27(35)31-14-15-37-3)12-13-29(23)17-24(29)28(36)32-25-16-20(18-30)9-11-22(25)6-5-7-26(33)34/h8-11,16,19,24H,4-7,12-15,17H2,1-3H3,(H,31,35)(H,32,36)(H,33,34)/b10-8-/t19?,24-,29-/m0/s1. The summed E-state index contributed by atoms with van der Waals surface area (Å²) in [5.41, 5.74) is 4.25. The van der Waals surface area contributed by atoms with Crippen molar-refractivity contribution in [3.63, 3.8) is 0 Å². The average Bonchev–Trinajstić information content (AvgIpc) is 3.50. The topological polar surface area (TPSA) is 129 Å². The Hall–Kier alpha value is -3.44. The van der Waals surface area contributed by atoms with Crippen LogP contribution in [0.15, 0.2) is 41.5 Å². The second-order valence-electron chi connectivity index (χ2n) is 9.92. The van der Waals surface area contributed by atoms with Crippen molar-refractivity contribution >= 4 is 23.5 Å². The Balaban J connectivity index is 1.69. The van der Waals surface area contributed by atoms with Gasteiger partial charge in [-0.3, -0.25) is 14.4 Å². The molecule has 0 heterocycles. The number of carbonyl (C=O) groups excluding carboxylic acids is 2. The number of rotatable bonds is 13. The van der Waals surface area contributed by atoms with Gasteiger partial charge in [0.1, 0.15) is 0 Å². The largest absolute Gasteiger partial charge is 0.481 e. The SMILES string of the molecule is CCC1=C(/C=C\C(C)C(=O)NCCOC)CC[C@]12C[C@H]2C(=O)Nc1cc(C#N)ccc1CCCC(=O)O. The van der Waals surface area contributed by atoms with Crippen LogP contribution in [0, 0.1) is 28.6 Å². The van der Waals surface area contributed by atoms with Crippen LogP contribution in [0.4, 0.5) is 5.69 Å². The molecule has 1 saturated carbocycles. The molecule has 0 bridgehead atoms. The number of hydrogen-bond donors (Lipinski definition) is 3. The molecule has 0 aliphatic heterocycles. The smallest absolute Gasteiger partial charge is 0.303 e. The van der Waals surface area contributed by atoms with Gasteiger partial charge in [-0.15, -0.1) is 0 Å². The highest BCUT2D eigenvalue weighted by molar-refractivity contribution is 5.96. The number of anilines is 1. The van der Waals surface area contributed by atoms with Gasteiger partial charge in [0.25, 0.3) is 0 Å². The van der Waals surface area contributed by atoms with Crippen molar-refractivity contribution < 1.29 is 24.2 Å². The molecular formula is C29H37N3O5. The van der Waals surface area contributed by atoms with E-state index in [4.69, 9.17) is 9.84 Å². The number of methoxy groups -OCH3 is 1. The maximum atomic E-state index is 13.3. The van der Waals surface area contributed by atoms with Crippen molar-refractivity contribution in [3.05, 3.63) is 52.6 Å². The highest BCUT2D eigenvalue weighted by Gasteiger charge is 2.61. The Morgan fingerprint density at radius 3 is 2.81 bits per heavy atom. The van der Waals surface area contributed by atoms with E-state index in [1.165, 1.54) is 11.1 Å². The fourth-order valence-corrected chi connectivity index (χ4v) is 5.42. The van der Waals surface area contributed by atoms with Crippen LogP contribution in [0.5, 0.6) is 0 Å². The number of benzene rings is 1. The van der Waals surface area contributed by atoms with Crippen LogP contribution in [0.25, 0.3) is 0 Å². The summed E-state index contributed by atoms with van der Waals surface area (Å²) in [7, 11) is 1.60. The van der Waals surface area contributed by atoms with Gasteiger partial charge in [-0.25, -0.2) is 0 Å². The number of nitriles is 1. The highest BCUT2D eigenvalue weighted by atomic mass is 16.5. The van der Waals surface area contributed by atoms with Gasteiger partial charge in [-0.2, -0.15) is 5.26 Å². The summed E-state index contributed by atoms with van der Waals surface area (Å²) in [6.45, 7) is 4.94. The zero-order chi connectivity index (χ0) is 27.0. The van der Waals surface area contributed by atoms with Crippen LogP contribution >= 0.6 is 0 Å². The first-order valence-corrected chi connectivity index (χ1v) is 13.0. The van der Waals surface area contributed by atoms with Gasteiger partial charge in [-0.05, 0) is 61.8 Å². The molecule has 2 amide bonds. The normalized spacial score (nSPS) is 21.2. The number of carboxylic acid groups (broad SMARTS) is 1. The first kappa shape index (κ1) is 28.1. The van der Waals surface area contributed by atoms with E-state index < -0.39 is 5.97 Å². The molecule has 0 aromatic heterocycles. The summed E-state index contributed by atoms with van der Waals surface area (Å²) in [6, 6.07) is 7.26. The van der Waals surface area contributed by atoms with Gasteiger partial charge in [-0.1, -0.05) is 37.6 Å². The minimum absolute atomic E-state index is 0.0397. The molecule has 37 heavy (non-hydrogen) atoms. The molecule has 8 heteroatoms. The average molecular weight is 508 g/mol. The fourth-order valence-electron chi connectivity index (χ4n) is 5.42. The Bertz CT molecular complexity index is 1130. The zero-order valence-corrected chi connectivity index (χ0v) is 21.9. The number of aryl methyl sites for hydroxylation is 1. The van der Waals surface area contributed by atoms with E-state index in [-0.39, 0.29) is 35.5 Å². The molecule has 0 radical (unpaired) electrons. The van der Waals surface area contributed by atoms with Crippen molar-refractivity contribution in [2.24, 2.45) is 17.3 Å². The number of aliphatic carboxylic acids is 1. The summed E-state index contributed by atoms with van der Waals surface area (Å²) >= 11 is 0. The molecule has 3 N–H and O–H groups in total. The number of allylic oxidation sites excluding steroid dienone is 3. The lowest BCUT2D eigenvalue weighted by Gasteiger charge is -2.16. The van der Waals surface area contributed by atoms with Crippen LogP contribution in [0.3, 0.4) is 0 Å². The molecule has 2 aliphatic rings. The monoisotopic (exact) mass is 507 g/mol. The molecule has 1 unspecified atom stereocenters. The Kier molecular flexibility index (Phi) is 9.65. The molecule has 8 nitrogen and oxygen atoms in total. The number of ether oxygens (including phenoxy) is 1. The van der Waals surface area contributed by atoms with Crippen LogP contribution in [0.1, 0.15) is 63.5 Å². The lowest BCUT2D eigenvalue weighted by atomic mass is 9.91. The van der Waals surface area contributed by atoms with Crippen LogP contribution in [-0.2, 0) is 25.5 Å². The first-order chi connectivity index (χ1) is 17.7. The van der Waals surface area contributed by atoms with Gasteiger partial charge >= 0.3 is 5.97 Å². The van der Waals surface area contributed by atoms with Crippen molar-refractivity contribution in [3.8, 4) is 6.07 Å². The van der Waals surface area contributed by atoms with Crippen LogP contribution < -0.4 is 10.6 Å². The summed E-state index contributed by atoms with van der Waals surface area (Å²) in [5, 5.41) is 24.2. The molecule has 1 aromatic rings. The number of nitrogens with zero attached hydrogens (tertiary/aromatic N) is 1. The Morgan fingerprint density at radius 1 is 1.35 bits per heavy atom. The van der Waals surface area contributed by atoms with Gasteiger partial charge in [0.05, 0.1) is 24.2 Å². The summed E-state index contributed by atoms with van der Waals surface area (Å²) in [4.78, 5) is 36.5. The molecular weight excluding hydrogens is 470 g/mol. The molecule has 0 saturated heterocycles. The van der Waals surface area contributed by atoms with Crippen molar-refractivity contribution in [2.45, 2.75) is 58.8 Å². The Labute approximate surface area is 218 Å². The lowest BCUT2D eigenvalue weighted by Crippen LogP contribution is -2.31. The Morgan fingerprint density at radius 2 is 2.14 bits per heavy atom. The van der Waals surface area contributed by atoms with Gasteiger partial charge in [0.2, 0.25) is 11.8 Å². The zero-order valence-electron chi connectivity index (χ0n) is 21.9. The van der Waals surface area contributed by atoms with Gasteiger partial charge in [0.15, 0.2) is 0 Å². The van der Waals surface area contributed by atoms with E-state index in [2.05, 4.69) is 29.7 Å². The fraction of sp³-hybridized carbons (Fsp3) is 0.517. The molecule has 2 aliphatic carbocycles. The maximum Gasteiger partial charge on any atom is 0.303 e. The van der Waals surface area contributed by atoms with Crippen molar-refractivity contribution in [2.75, 3.05) is 25.6 Å². The molecule has 3 atom stereocenters. The van der Waals surface area contributed by atoms with E-state index in [1.807, 2.05) is 13.0 Å². The molecule has 1 spiro atoms. The minimum Gasteiger partial charge on any atom is -0.481 e. The van der Waals surface area contributed by atoms with Gasteiger partial charge < -0.3 is 20.5 Å². The summed E-state index contributed by atoms with van der Waals surface area (Å²) < 4.78 is 4.97. The van der Waals surface area contributed by atoms with Gasteiger partial charge in [0, 0.05) is 37.1 Å². The maximum absolute atomic E-state index is 13.3. The number of carboxylic acids is 1. The van der Waals surface area contributed by atoms with E-state index in [9.17, 15) is 19.6 Å². The first-order valence-electron chi connectivity index (χ1n) is 13.0. The number of hydrogen-bond acceptors (Lipinski definition) is 5. The number of amides is 2. The van der Waals surface area contributed by atoms with Crippen molar-refractivity contribution in [1.82, 2.24) is 5.32 Å². The van der Waals surface area contributed by atoms with E-state index in [0.29, 0.717) is 37.2 Å². The van der Waals surface area contributed by atoms with Crippen LogP contribution in [-0.4, -0.2) is 43.2 Å².